The van der Waals surface area contributed by atoms with Crippen molar-refractivity contribution in [2.24, 2.45) is 5.92 Å². The molecule has 1 heterocycles. The summed E-state index contributed by atoms with van der Waals surface area (Å²) in [7, 11) is 0. The highest BCUT2D eigenvalue weighted by Crippen LogP contribution is 2.09. The predicted octanol–water partition coefficient (Wildman–Crippen LogP) is 1.77. The van der Waals surface area contributed by atoms with Gasteiger partial charge in [0.15, 0.2) is 0 Å². The second-order valence-electron chi connectivity index (χ2n) is 5.23. The maximum atomic E-state index is 12.1. The molecule has 1 atom stereocenters. The van der Waals surface area contributed by atoms with Crippen molar-refractivity contribution in [3.8, 4) is 0 Å². The molecule has 0 aliphatic carbocycles. The molecule has 0 aliphatic heterocycles. The molecule has 0 fully saturated rings. The number of benzene rings is 1. The van der Waals surface area contributed by atoms with E-state index in [1.54, 1.807) is 0 Å². The van der Waals surface area contributed by atoms with Gasteiger partial charge in [-0.05, 0) is 24.5 Å². The maximum Gasteiger partial charge on any atom is 0.271 e. The minimum Gasteiger partial charge on any atom is -0.394 e. The van der Waals surface area contributed by atoms with Crippen LogP contribution < -0.4 is 5.32 Å². The van der Waals surface area contributed by atoms with Crippen molar-refractivity contribution < 1.29 is 9.90 Å². The number of nitrogens with zero attached hydrogens (tertiary/aromatic N) is 2. The van der Waals surface area contributed by atoms with Crippen LogP contribution in [-0.4, -0.2) is 33.6 Å². The van der Waals surface area contributed by atoms with E-state index in [-0.39, 0.29) is 24.2 Å². The number of hydrogen-bond acceptors (Lipinski definition) is 4. The van der Waals surface area contributed by atoms with Crippen molar-refractivity contribution in [3.63, 3.8) is 0 Å². The van der Waals surface area contributed by atoms with Crippen LogP contribution >= 0.6 is 0 Å². The summed E-state index contributed by atoms with van der Waals surface area (Å²) in [4.78, 5) is 20.6. The highest BCUT2D eigenvalue weighted by atomic mass is 16.3. The number of aliphatic hydroxyl groups is 1. The molecule has 20 heavy (non-hydrogen) atoms. The molecule has 5 nitrogen and oxygen atoms in total. The SMILES string of the molecule is CC(C)CC(CO)NC(=O)c1cnc2ccccc2n1. The molecule has 2 aromatic rings. The zero-order chi connectivity index (χ0) is 14.5. The molecule has 0 spiro atoms. The summed E-state index contributed by atoms with van der Waals surface area (Å²) in [5.41, 5.74) is 1.71. The van der Waals surface area contributed by atoms with Gasteiger partial charge in [-0.3, -0.25) is 9.78 Å². The van der Waals surface area contributed by atoms with Gasteiger partial charge in [0.25, 0.3) is 5.91 Å². The first-order chi connectivity index (χ1) is 9.60. The molecule has 1 aromatic carbocycles. The third-order valence-corrected chi connectivity index (χ3v) is 2.99. The fourth-order valence-corrected chi connectivity index (χ4v) is 2.07. The van der Waals surface area contributed by atoms with Crippen LogP contribution in [0.2, 0.25) is 0 Å². The third-order valence-electron chi connectivity index (χ3n) is 2.99. The summed E-state index contributed by atoms with van der Waals surface area (Å²) in [5.74, 6) is 0.0955. The summed E-state index contributed by atoms with van der Waals surface area (Å²) >= 11 is 0. The van der Waals surface area contributed by atoms with Gasteiger partial charge in [-0.15, -0.1) is 0 Å². The van der Waals surface area contributed by atoms with Crippen molar-refractivity contribution in [2.75, 3.05) is 6.61 Å². The first-order valence-electron chi connectivity index (χ1n) is 6.73. The zero-order valence-electron chi connectivity index (χ0n) is 11.7. The van der Waals surface area contributed by atoms with Gasteiger partial charge < -0.3 is 10.4 Å². The van der Waals surface area contributed by atoms with E-state index in [4.69, 9.17) is 0 Å². The fourth-order valence-electron chi connectivity index (χ4n) is 2.07. The number of para-hydroxylation sites is 2. The molecule has 0 saturated carbocycles. The first-order valence-corrected chi connectivity index (χ1v) is 6.73. The molecule has 5 heteroatoms. The maximum absolute atomic E-state index is 12.1. The van der Waals surface area contributed by atoms with Crippen molar-refractivity contribution in [1.29, 1.82) is 0 Å². The quantitative estimate of drug-likeness (QED) is 0.870. The Morgan fingerprint density at radius 3 is 2.65 bits per heavy atom. The van der Waals surface area contributed by atoms with E-state index >= 15 is 0 Å². The predicted molar refractivity (Wildman–Crippen MR) is 77.3 cm³/mol. The molecule has 2 rings (SSSR count). The van der Waals surface area contributed by atoms with Crippen LogP contribution in [0.1, 0.15) is 30.8 Å². The lowest BCUT2D eigenvalue weighted by atomic mass is 10.0. The lowest BCUT2D eigenvalue weighted by molar-refractivity contribution is 0.0903. The summed E-state index contributed by atoms with van der Waals surface area (Å²) in [6.07, 6.45) is 2.19. The summed E-state index contributed by atoms with van der Waals surface area (Å²) in [6, 6.07) is 7.14. The third kappa shape index (κ3) is 3.51. The molecule has 0 aliphatic rings. The van der Waals surface area contributed by atoms with Gasteiger partial charge >= 0.3 is 0 Å². The van der Waals surface area contributed by atoms with Crippen LogP contribution in [0.4, 0.5) is 0 Å². The van der Waals surface area contributed by atoms with E-state index in [0.717, 1.165) is 11.9 Å². The Balaban J connectivity index is 2.14. The molecule has 0 saturated heterocycles. The Morgan fingerprint density at radius 1 is 1.30 bits per heavy atom. The average molecular weight is 273 g/mol. The second kappa shape index (κ2) is 6.43. The molecule has 2 N–H and O–H groups in total. The lowest BCUT2D eigenvalue weighted by Crippen LogP contribution is -2.38. The van der Waals surface area contributed by atoms with Crippen LogP contribution in [-0.2, 0) is 0 Å². The molecule has 0 bridgehead atoms. The number of carbonyl (C=O) groups is 1. The van der Waals surface area contributed by atoms with Crippen LogP contribution in [0, 0.1) is 5.92 Å². The van der Waals surface area contributed by atoms with Crippen LogP contribution in [0.5, 0.6) is 0 Å². The summed E-state index contributed by atoms with van der Waals surface area (Å²) in [6.45, 7) is 4.01. The van der Waals surface area contributed by atoms with Gasteiger partial charge in [0, 0.05) is 0 Å². The minimum atomic E-state index is -0.303. The number of carbonyl (C=O) groups excluding carboxylic acids is 1. The van der Waals surface area contributed by atoms with Crippen LogP contribution in [0.15, 0.2) is 30.5 Å². The standard InChI is InChI=1S/C15H19N3O2/c1-10(2)7-11(9-19)17-15(20)14-8-16-12-5-3-4-6-13(12)18-14/h3-6,8,10-11,19H,7,9H2,1-2H3,(H,17,20). The number of amides is 1. The Bertz CT molecular complexity index is 598. The van der Waals surface area contributed by atoms with Crippen molar-refractivity contribution >= 4 is 16.9 Å². The zero-order valence-corrected chi connectivity index (χ0v) is 11.7. The normalized spacial score (nSPS) is 12.6. The Kier molecular flexibility index (Phi) is 4.63. The van der Waals surface area contributed by atoms with Crippen LogP contribution in [0.3, 0.4) is 0 Å². The topological polar surface area (TPSA) is 75.1 Å². The van der Waals surface area contributed by atoms with Gasteiger partial charge in [-0.2, -0.15) is 0 Å². The van der Waals surface area contributed by atoms with E-state index in [9.17, 15) is 9.90 Å². The molecular weight excluding hydrogens is 254 g/mol. The van der Waals surface area contributed by atoms with E-state index < -0.39 is 0 Å². The Labute approximate surface area is 118 Å². The van der Waals surface area contributed by atoms with Gasteiger partial charge in [0.2, 0.25) is 0 Å². The first kappa shape index (κ1) is 14.4. The minimum absolute atomic E-state index is 0.0784. The number of aromatic nitrogens is 2. The molecule has 0 radical (unpaired) electrons. The van der Waals surface area contributed by atoms with Gasteiger partial charge in [0.05, 0.1) is 29.9 Å². The van der Waals surface area contributed by atoms with Gasteiger partial charge in [-0.25, -0.2) is 4.98 Å². The number of nitrogens with one attached hydrogen (secondary N) is 1. The van der Waals surface area contributed by atoms with Crippen molar-refractivity contribution in [1.82, 2.24) is 15.3 Å². The molecule has 1 amide bonds. The number of rotatable bonds is 5. The fraction of sp³-hybridized carbons (Fsp3) is 0.400. The second-order valence-corrected chi connectivity index (χ2v) is 5.23. The molecule has 1 unspecified atom stereocenters. The van der Waals surface area contributed by atoms with E-state index in [2.05, 4.69) is 15.3 Å². The van der Waals surface area contributed by atoms with Crippen LogP contribution in [0.25, 0.3) is 11.0 Å². The van der Waals surface area contributed by atoms with Crippen molar-refractivity contribution in [2.45, 2.75) is 26.3 Å². The van der Waals surface area contributed by atoms with Gasteiger partial charge in [0.1, 0.15) is 5.69 Å². The monoisotopic (exact) mass is 273 g/mol. The van der Waals surface area contributed by atoms with E-state index in [1.807, 2.05) is 38.1 Å². The number of fused-ring (bicyclic) bond motifs is 1. The highest BCUT2D eigenvalue weighted by molar-refractivity contribution is 5.93. The van der Waals surface area contributed by atoms with Gasteiger partial charge in [-0.1, -0.05) is 26.0 Å². The largest absolute Gasteiger partial charge is 0.394 e. The molecule has 1 aromatic heterocycles. The molecular formula is C15H19N3O2. The Hall–Kier alpha value is -2.01. The molecule has 106 valence electrons. The van der Waals surface area contributed by atoms with Crippen molar-refractivity contribution in [3.05, 3.63) is 36.2 Å². The smallest absolute Gasteiger partial charge is 0.271 e. The van der Waals surface area contributed by atoms with E-state index in [1.165, 1.54) is 6.20 Å². The number of aliphatic hydroxyl groups excluding tert-OH is 1. The summed E-state index contributed by atoms with van der Waals surface area (Å²) in [5, 5.41) is 12.1. The Morgan fingerprint density at radius 2 is 2.00 bits per heavy atom. The lowest BCUT2D eigenvalue weighted by Gasteiger charge is -2.17. The average Bonchev–Trinajstić information content (AvgIpc) is 2.45. The van der Waals surface area contributed by atoms with E-state index in [0.29, 0.717) is 11.4 Å². The summed E-state index contributed by atoms with van der Waals surface area (Å²) < 4.78 is 0. The highest BCUT2D eigenvalue weighted by Gasteiger charge is 2.15. The number of hydrogen-bond donors (Lipinski definition) is 2.